The number of benzene rings is 1. The average Bonchev–Trinajstić information content (AvgIpc) is 2.79. The Bertz CT molecular complexity index is 553. The highest BCUT2D eigenvalue weighted by Gasteiger charge is 2.45. The van der Waals surface area contributed by atoms with Crippen molar-refractivity contribution in [2.75, 3.05) is 25.9 Å². The van der Waals surface area contributed by atoms with Crippen molar-refractivity contribution in [1.82, 2.24) is 9.80 Å². The minimum atomic E-state index is -0.430. The van der Waals surface area contributed by atoms with E-state index in [4.69, 9.17) is 5.73 Å². The molecule has 0 spiro atoms. The Morgan fingerprint density at radius 3 is 2.80 bits per heavy atom. The molecular weight excluding hydrogens is 250 g/mol. The van der Waals surface area contributed by atoms with Gasteiger partial charge < -0.3 is 10.6 Å². The number of carbonyl (C=O) groups is 1. The lowest BCUT2D eigenvalue weighted by molar-refractivity contribution is -0.149. The maximum Gasteiger partial charge on any atom is 0.242 e. The van der Waals surface area contributed by atoms with E-state index in [2.05, 4.69) is 17.0 Å². The van der Waals surface area contributed by atoms with Gasteiger partial charge >= 0.3 is 0 Å². The standard InChI is InChI=1S/C16H23N3O/c1-16(2)15(20)18(3)8-9-19(16)14-7-4-11-10-12(17)5-6-13(11)14/h5-6,10,14H,4,7-9,17H2,1-3H3. The first-order valence-electron chi connectivity index (χ1n) is 7.32. The predicted octanol–water partition coefficient (Wildman–Crippen LogP) is 1.81. The van der Waals surface area contributed by atoms with Gasteiger partial charge in [-0.25, -0.2) is 0 Å². The van der Waals surface area contributed by atoms with Gasteiger partial charge in [-0.1, -0.05) is 6.07 Å². The van der Waals surface area contributed by atoms with E-state index in [-0.39, 0.29) is 5.91 Å². The Morgan fingerprint density at radius 2 is 2.05 bits per heavy atom. The lowest BCUT2D eigenvalue weighted by Crippen LogP contribution is -2.62. The SMILES string of the molecule is CN1CCN(C2CCc3cc(N)ccc32)C(C)(C)C1=O. The second-order valence-corrected chi connectivity index (χ2v) is 6.49. The Labute approximate surface area is 120 Å². The van der Waals surface area contributed by atoms with Crippen LogP contribution in [0.1, 0.15) is 37.4 Å². The van der Waals surface area contributed by atoms with Crippen LogP contribution in [0.25, 0.3) is 0 Å². The summed E-state index contributed by atoms with van der Waals surface area (Å²) in [6, 6.07) is 6.54. The number of rotatable bonds is 1. The molecule has 1 fully saturated rings. The molecule has 1 amide bonds. The van der Waals surface area contributed by atoms with Gasteiger partial charge in [-0.05, 0) is 49.9 Å². The summed E-state index contributed by atoms with van der Waals surface area (Å²) in [5.41, 5.74) is 8.97. The molecular formula is C16H23N3O. The van der Waals surface area contributed by atoms with Gasteiger partial charge in [0.25, 0.3) is 0 Å². The smallest absolute Gasteiger partial charge is 0.242 e. The van der Waals surface area contributed by atoms with Crippen LogP contribution in [0, 0.1) is 0 Å². The zero-order valence-corrected chi connectivity index (χ0v) is 12.5. The van der Waals surface area contributed by atoms with Crippen LogP contribution in [0.4, 0.5) is 5.69 Å². The normalized spacial score (nSPS) is 25.9. The number of nitrogen functional groups attached to an aromatic ring is 1. The van der Waals surface area contributed by atoms with Gasteiger partial charge in [-0.15, -0.1) is 0 Å². The summed E-state index contributed by atoms with van der Waals surface area (Å²) in [7, 11) is 1.89. The molecule has 3 rings (SSSR count). The van der Waals surface area contributed by atoms with Crippen molar-refractivity contribution >= 4 is 11.6 Å². The van der Waals surface area contributed by atoms with Crippen LogP contribution in [0.2, 0.25) is 0 Å². The van der Waals surface area contributed by atoms with Crippen molar-refractivity contribution in [3.05, 3.63) is 29.3 Å². The highest BCUT2D eigenvalue weighted by molar-refractivity contribution is 5.86. The highest BCUT2D eigenvalue weighted by Crippen LogP contribution is 2.41. The first kappa shape index (κ1) is 13.4. The molecule has 1 aliphatic heterocycles. The van der Waals surface area contributed by atoms with Crippen LogP contribution in [0.3, 0.4) is 0 Å². The number of amides is 1. The lowest BCUT2D eigenvalue weighted by atomic mass is 9.93. The molecule has 4 nitrogen and oxygen atoms in total. The number of hydrogen-bond acceptors (Lipinski definition) is 3. The molecule has 1 heterocycles. The second-order valence-electron chi connectivity index (χ2n) is 6.49. The summed E-state index contributed by atoms with van der Waals surface area (Å²) >= 11 is 0. The van der Waals surface area contributed by atoms with E-state index in [0.717, 1.165) is 31.6 Å². The van der Waals surface area contributed by atoms with Gasteiger partial charge in [0.15, 0.2) is 0 Å². The number of carbonyl (C=O) groups excluding carboxylic acids is 1. The van der Waals surface area contributed by atoms with Gasteiger partial charge in [0.2, 0.25) is 5.91 Å². The van der Waals surface area contributed by atoms with Gasteiger partial charge in [-0.3, -0.25) is 9.69 Å². The fraction of sp³-hybridized carbons (Fsp3) is 0.562. The van der Waals surface area contributed by atoms with E-state index < -0.39 is 5.54 Å². The molecule has 0 aromatic heterocycles. The van der Waals surface area contributed by atoms with E-state index >= 15 is 0 Å². The van der Waals surface area contributed by atoms with E-state index in [1.807, 2.05) is 31.9 Å². The monoisotopic (exact) mass is 273 g/mol. The van der Waals surface area contributed by atoms with Crippen molar-refractivity contribution < 1.29 is 4.79 Å². The van der Waals surface area contributed by atoms with Crippen LogP contribution in [-0.4, -0.2) is 41.4 Å². The molecule has 1 aromatic carbocycles. The van der Waals surface area contributed by atoms with Crippen LogP contribution in [0.15, 0.2) is 18.2 Å². The minimum absolute atomic E-state index is 0.215. The minimum Gasteiger partial charge on any atom is -0.399 e. The molecule has 0 bridgehead atoms. The quantitative estimate of drug-likeness (QED) is 0.794. The molecule has 2 N–H and O–H groups in total. The third-order valence-electron chi connectivity index (χ3n) is 4.85. The topological polar surface area (TPSA) is 49.6 Å². The Hall–Kier alpha value is -1.55. The van der Waals surface area contributed by atoms with Crippen molar-refractivity contribution in [2.24, 2.45) is 0 Å². The largest absolute Gasteiger partial charge is 0.399 e. The summed E-state index contributed by atoms with van der Waals surface area (Å²) in [6.45, 7) is 5.83. The lowest BCUT2D eigenvalue weighted by Gasteiger charge is -2.48. The zero-order chi connectivity index (χ0) is 14.5. The van der Waals surface area contributed by atoms with Crippen LogP contribution >= 0.6 is 0 Å². The molecule has 108 valence electrons. The number of hydrogen-bond donors (Lipinski definition) is 1. The van der Waals surface area contributed by atoms with Crippen molar-refractivity contribution in [2.45, 2.75) is 38.3 Å². The molecule has 0 radical (unpaired) electrons. The predicted molar refractivity (Wildman–Crippen MR) is 80.3 cm³/mol. The summed E-state index contributed by atoms with van der Waals surface area (Å²) in [5.74, 6) is 0.215. The van der Waals surface area contributed by atoms with E-state index in [1.54, 1.807) is 0 Å². The molecule has 20 heavy (non-hydrogen) atoms. The van der Waals surface area contributed by atoms with E-state index in [9.17, 15) is 4.79 Å². The molecule has 1 atom stereocenters. The summed E-state index contributed by atoms with van der Waals surface area (Å²) in [4.78, 5) is 16.7. The maximum absolute atomic E-state index is 12.4. The van der Waals surface area contributed by atoms with Crippen molar-refractivity contribution in [1.29, 1.82) is 0 Å². The number of likely N-dealkylation sites (N-methyl/N-ethyl adjacent to an activating group) is 1. The van der Waals surface area contributed by atoms with Gasteiger partial charge in [0, 0.05) is 31.9 Å². The number of aryl methyl sites for hydroxylation is 1. The number of nitrogens with zero attached hydrogens (tertiary/aromatic N) is 2. The first-order chi connectivity index (χ1) is 9.41. The average molecular weight is 273 g/mol. The third-order valence-corrected chi connectivity index (χ3v) is 4.85. The van der Waals surface area contributed by atoms with Crippen LogP contribution < -0.4 is 5.73 Å². The molecule has 1 aliphatic carbocycles. The zero-order valence-electron chi connectivity index (χ0n) is 12.5. The Balaban J connectivity index is 1.94. The Morgan fingerprint density at radius 1 is 1.30 bits per heavy atom. The molecule has 0 saturated carbocycles. The molecule has 2 aliphatic rings. The number of anilines is 1. The third kappa shape index (κ3) is 1.90. The Kier molecular flexibility index (Phi) is 3.01. The first-order valence-corrected chi connectivity index (χ1v) is 7.32. The molecule has 1 unspecified atom stereocenters. The fourth-order valence-electron chi connectivity index (χ4n) is 3.71. The molecule has 4 heteroatoms. The summed E-state index contributed by atoms with van der Waals surface area (Å²) < 4.78 is 0. The summed E-state index contributed by atoms with van der Waals surface area (Å²) in [6.07, 6.45) is 2.14. The van der Waals surface area contributed by atoms with Gasteiger partial charge in [0.05, 0.1) is 5.54 Å². The number of nitrogens with two attached hydrogens (primary N) is 1. The maximum atomic E-state index is 12.4. The van der Waals surface area contributed by atoms with Crippen LogP contribution in [-0.2, 0) is 11.2 Å². The van der Waals surface area contributed by atoms with E-state index in [0.29, 0.717) is 6.04 Å². The van der Waals surface area contributed by atoms with Crippen molar-refractivity contribution in [3.63, 3.8) is 0 Å². The number of fused-ring (bicyclic) bond motifs is 1. The van der Waals surface area contributed by atoms with Gasteiger partial charge in [0.1, 0.15) is 0 Å². The highest BCUT2D eigenvalue weighted by atomic mass is 16.2. The fourth-order valence-corrected chi connectivity index (χ4v) is 3.71. The van der Waals surface area contributed by atoms with E-state index in [1.165, 1.54) is 11.1 Å². The van der Waals surface area contributed by atoms with Gasteiger partial charge in [-0.2, -0.15) is 0 Å². The number of piperazine rings is 1. The van der Waals surface area contributed by atoms with Crippen molar-refractivity contribution in [3.8, 4) is 0 Å². The molecule has 1 saturated heterocycles. The molecule has 1 aromatic rings. The van der Waals surface area contributed by atoms with Crippen LogP contribution in [0.5, 0.6) is 0 Å². The summed E-state index contributed by atoms with van der Waals surface area (Å²) in [5, 5.41) is 0. The second kappa shape index (κ2) is 4.48.